The van der Waals surface area contributed by atoms with E-state index in [2.05, 4.69) is 4.79 Å². The first-order valence-electron chi connectivity index (χ1n) is 5.07. The monoisotopic (exact) mass is 212 g/mol. The molecule has 80 valence electrons. The van der Waals surface area contributed by atoms with Crippen LogP contribution in [0.3, 0.4) is 0 Å². The average molecular weight is 212 g/mol. The number of methoxy groups -OCH3 is 1. The van der Waals surface area contributed by atoms with E-state index in [1.807, 2.05) is 42.5 Å². The van der Waals surface area contributed by atoms with E-state index in [9.17, 15) is 0 Å². The van der Waals surface area contributed by atoms with Crippen molar-refractivity contribution in [2.24, 2.45) is 0 Å². The summed E-state index contributed by atoms with van der Waals surface area (Å²) in [5.41, 5.74) is 11.6. The van der Waals surface area contributed by atoms with Crippen molar-refractivity contribution in [3.05, 3.63) is 59.3 Å². The van der Waals surface area contributed by atoms with Crippen LogP contribution in [0.4, 0.5) is 0 Å². The average Bonchev–Trinajstić information content (AvgIpc) is 2.39. The van der Waals surface area contributed by atoms with Crippen molar-refractivity contribution >= 4 is 11.3 Å². The van der Waals surface area contributed by atoms with Crippen LogP contribution in [0.2, 0.25) is 0 Å². The van der Waals surface area contributed by atoms with Gasteiger partial charge >= 0.3 is 5.71 Å². The fraction of sp³-hybridized carbons (Fsp3) is 0.154. The molecule has 0 aromatic heterocycles. The second-order valence-corrected chi connectivity index (χ2v) is 3.49. The predicted molar refractivity (Wildman–Crippen MR) is 62.8 cm³/mol. The van der Waals surface area contributed by atoms with E-state index in [1.54, 1.807) is 7.11 Å². The van der Waals surface area contributed by atoms with Gasteiger partial charge in [0.05, 0.1) is 13.5 Å². The second kappa shape index (κ2) is 4.60. The fourth-order valence-corrected chi connectivity index (χ4v) is 1.69. The van der Waals surface area contributed by atoms with Crippen LogP contribution >= 0.6 is 0 Å². The van der Waals surface area contributed by atoms with Gasteiger partial charge in [0.1, 0.15) is 0 Å². The van der Waals surface area contributed by atoms with E-state index in [-0.39, 0.29) is 0 Å². The van der Waals surface area contributed by atoms with E-state index in [0.717, 1.165) is 11.1 Å². The van der Waals surface area contributed by atoms with Crippen LogP contribution in [0, 0.1) is 0 Å². The summed E-state index contributed by atoms with van der Waals surface area (Å²) in [5, 5.41) is 0. The largest absolute Gasteiger partial charge is 0.490 e. The highest BCUT2D eigenvalue weighted by Crippen LogP contribution is 2.23. The van der Waals surface area contributed by atoms with Gasteiger partial charge in [-0.1, -0.05) is 36.4 Å². The van der Waals surface area contributed by atoms with E-state index in [1.165, 1.54) is 0 Å². The van der Waals surface area contributed by atoms with Crippen molar-refractivity contribution in [2.75, 3.05) is 7.11 Å². The van der Waals surface area contributed by atoms with Gasteiger partial charge in [-0.3, -0.25) is 0 Å². The number of benzene rings is 1. The summed E-state index contributed by atoms with van der Waals surface area (Å²) in [6.07, 6.45) is 4.49. The molecular formula is C13H12N2O. The van der Waals surface area contributed by atoms with Gasteiger partial charge in [0.15, 0.2) is 0 Å². The Hall–Kier alpha value is -2.12. The van der Waals surface area contributed by atoms with E-state index >= 15 is 0 Å². The van der Waals surface area contributed by atoms with Gasteiger partial charge in [-0.05, 0) is 17.2 Å². The summed E-state index contributed by atoms with van der Waals surface area (Å²) in [7, 11) is 1.57. The lowest BCUT2D eigenvalue weighted by Crippen LogP contribution is -2.09. The highest BCUT2D eigenvalue weighted by atomic mass is 16.5. The van der Waals surface area contributed by atoms with Crippen molar-refractivity contribution in [3.63, 3.8) is 0 Å². The summed E-state index contributed by atoms with van der Waals surface area (Å²) < 4.78 is 5.18. The molecule has 0 saturated carbocycles. The molecule has 0 aliphatic heterocycles. The number of allylic oxidation sites excluding steroid dienone is 4. The van der Waals surface area contributed by atoms with Crippen LogP contribution < -0.4 is 0 Å². The summed E-state index contributed by atoms with van der Waals surface area (Å²) in [5.74, 6) is 0.615. The van der Waals surface area contributed by atoms with Crippen LogP contribution in [0.15, 0.2) is 48.2 Å². The minimum atomic E-state index is 0.558. The Bertz CT molecular complexity index is 494. The van der Waals surface area contributed by atoms with Crippen LogP contribution in [-0.2, 0) is 4.74 Å². The standard InChI is InChI=1S/C13H12N2O/c1-16-13-9-11(7-8-12(13)15-14)10-5-3-2-4-6-10/h2-7,9H,8H2,1H3. The molecule has 1 aliphatic carbocycles. The van der Waals surface area contributed by atoms with Crippen molar-refractivity contribution in [2.45, 2.75) is 6.42 Å². The van der Waals surface area contributed by atoms with E-state index in [0.29, 0.717) is 17.9 Å². The zero-order valence-corrected chi connectivity index (χ0v) is 9.05. The van der Waals surface area contributed by atoms with Gasteiger partial charge in [0.2, 0.25) is 5.76 Å². The van der Waals surface area contributed by atoms with Crippen molar-refractivity contribution in [3.8, 4) is 0 Å². The minimum Gasteiger partial charge on any atom is -0.490 e. The molecule has 0 fully saturated rings. The summed E-state index contributed by atoms with van der Waals surface area (Å²) in [4.78, 5) is 3.21. The van der Waals surface area contributed by atoms with Crippen LogP contribution in [-0.4, -0.2) is 17.6 Å². The van der Waals surface area contributed by atoms with Crippen molar-refractivity contribution in [1.82, 2.24) is 0 Å². The van der Waals surface area contributed by atoms with Gasteiger partial charge in [0, 0.05) is 0 Å². The normalized spacial score (nSPS) is 14.9. The molecule has 3 nitrogen and oxygen atoms in total. The molecule has 0 N–H and O–H groups in total. The Morgan fingerprint density at radius 2 is 2.00 bits per heavy atom. The second-order valence-electron chi connectivity index (χ2n) is 3.49. The van der Waals surface area contributed by atoms with E-state index < -0.39 is 0 Å². The molecule has 0 radical (unpaired) electrons. The van der Waals surface area contributed by atoms with Crippen molar-refractivity contribution in [1.29, 1.82) is 0 Å². The lowest BCUT2D eigenvalue weighted by Gasteiger charge is -2.09. The highest BCUT2D eigenvalue weighted by molar-refractivity contribution is 6.01. The molecule has 0 atom stereocenters. The Kier molecular flexibility index (Phi) is 2.99. The maximum Gasteiger partial charge on any atom is 0.337 e. The Morgan fingerprint density at radius 1 is 1.25 bits per heavy atom. The number of rotatable bonds is 2. The van der Waals surface area contributed by atoms with Crippen LogP contribution in [0.1, 0.15) is 12.0 Å². The Morgan fingerprint density at radius 3 is 2.62 bits per heavy atom. The third-order valence-corrected chi connectivity index (χ3v) is 2.53. The molecule has 0 amide bonds. The molecule has 1 aliphatic rings. The smallest absolute Gasteiger partial charge is 0.337 e. The van der Waals surface area contributed by atoms with Crippen LogP contribution in [0.5, 0.6) is 0 Å². The molecule has 0 heterocycles. The fourth-order valence-electron chi connectivity index (χ4n) is 1.69. The Labute approximate surface area is 94.3 Å². The molecule has 1 aromatic rings. The lowest BCUT2D eigenvalue weighted by atomic mass is 9.97. The first-order valence-corrected chi connectivity index (χ1v) is 5.07. The molecule has 1 aromatic carbocycles. The van der Waals surface area contributed by atoms with Gasteiger partial charge in [-0.15, -0.1) is 0 Å². The first-order chi connectivity index (χ1) is 7.85. The molecule has 3 heteroatoms. The SMILES string of the molecule is COC1=CC(c2ccccc2)=CCC1=[N+]=[N-]. The quantitative estimate of drug-likeness (QED) is 0.549. The zero-order chi connectivity index (χ0) is 11.4. The molecule has 16 heavy (non-hydrogen) atoms. The predicted octanol–water partition coefficient (Wildman–Crippen LogP) is 2.67. The summed E-state index contributed by atoms with van der Waals surface area (Å²) in [6.45, 7) is 0. The third-order valence-electron chi connectivity index (χ3n) is 2.53. The van der Waals surface area contributed by atoms with Gasteiger partial charge < -0.3 is 10.3 Å². The van der Waals surface area contributed by atoms with Gasteiger partial charge in [-0.2, -0.15) is 4.79 Å². The van der Waals surface area contributed by atoms with E-state index in [4.69, 9.17) is 10.3 Å². The number of nitrogens with zero attached hydrogens (tertiary/aromatic N) is 2. The van der Waals surface area contributed by atoms with Gasteiger partial charge in [-0.25, -0.2) is 0 Å². The lowest BCUT2D eigenvalue weighted by molar-refractivity contribution is -0.0108. The molecule has 0 saturated heterocycles. The zero-order valence-electron chi connectivity index (χ0n) is 9.05. The summed E-state index contributed by atoms with van der Waals surface area (Å²) >= 11 is 0. The Balaban J connectivity index is 2.37. The highest BCUT2D eigenvalue weighted by Gasteiger charge is 2.20. The maximum absolute atomic E-state index is 8.79. The summed E-state index contributed by atoms with van der Waals surface area (Å²) in [6, 6.07) is 10.0. The minimum absolute atomic E-state index is 0.558. The number of hydrogen-bond donors (Lipinski definition) is 0. The third kappa shape index (κ3) is 1.95. The molecular weight excluding hydrogens is 200 g/mol. The van der Waals surface area contributed by atoms with Gasteiger partial charge in [0.25, 0.3) is 0 Å². The number of hydrogen-bond acceptors (Lipinski definition) is 1. The molecule has 0 bridgehead atoms. The number of ether oxygens (including phenoxy) is 1. The first kappa shape index (κ1) is 10.4. The van der Waals surface area contributed by atoms with Crippen molar-refractivity contribution < 1.29 is 9.53 Å². The topological polar surface area (TPSA) is 45.6 Å². The van der Waals surface area contributed by atoms with Crippen LogP contribution in [0.25, 0.3) is 11.1 Å². The molecule has 0 spiro atoms. The molecule has 0 unspecified atom stereocenters. The molecule has 2 rings (SSSR count). The maximum atomic E-state index is 8.79.